The molecule has 0 amide bonds. The van der Waals surface area contributed by atoms with E-state index in [2.05, 4.69) is 36.8 Å². The van der Waals surface area contributed by atoms with Gasteiger partial charge in [-0.25, -0.2) is 15.0 Å². The van der Waals surface area contributed by atoms with Crippen molar-refractivity contribution in [3.8, 4) is 0 Å². The first-order valence-corrected chi connectivity index (χ1v) is 8.57. The zero-order chi connectivity index (χ0) is 15.6. The summed E-state index contributed by atoms with van der Waals surface area (Å²) in [5, 5.41) is 3.62. The maximum Gasteiger partial charge on any atom is 0.133 e. The Balaban J connectivity index is 1.47. The summed E-state index contributed by atoms with van der Waals surface area (Å²) in [5.74, 6) is 2.19. The van der Waals surface area contributed by atoms with Gasteiger partial charge in [-0.2, -0.15) is 0 Å². The van der Waals surface area contributed by atoms with Crippen LogP contribution in [0.4, 0.5) is 5.82 Å². The molecule has 0 unspecified atom stereocenters. The lowest BCUT2D eigenvalue weighted by molar-refractivity contribution is 0.269. The number of imidazole rings is 1. The molecule has 122 valence electrons. The van der Waals surface area contributed by atoms with Crippen LogP contribution in [0.5, 0.6) is 0 Å². The third-order valence-corrected chi connectivity index (χ3v) is 5.11. The first kappa shape index (κ1) is 14.6. The molecule has 0 spiro atoms. The molecule has 1 aliphatic heterocycles. The van der Waals surface area contributed by atoms with Crippen LogP contribution in [0, 0.1) is 0 Å². The van der Waals surface area contributed by atoms with Gasteiger partial charge in [-0.15, -0.1) is 0 Å². The molecule has 2 aromatic heterocycles. The number of hydrogen-bond donors (Lipinski definition) is 1. The zero-order valence-corrected chi connectivity index (χ0v) is 13.7. The van der Waals surface area contributed by atoms with Crippen LogP contribution in [0.15, 0.2) is 18.7 Å². The monoisotopic (exact) mass is 312 g/mol. The molecule has 0 bridgehead atoms. The number of anilines is 1. The van der Waals surface area contributed by atoms with Gasteiger partial charge in [0.05, 0.1) is 12.2 Å². The first-order chi connectivity index (χ1) is 11.3. The van der Waals surface area contributed by atoms with E-state index in [1.165, 1.54) is 30.5 Å². The minimum atomic E-state index is 0.612. The molecule has 0 radical (unpaired) electrons. The summed E-state index contributed by atoms with van der Waals surface area (Å²) in [5.41, 5.74) is 2.53. The maximum atomic E-state index is 4.54. The van der Waals surface area contributed by atoms with Crippen molar-refractivity contribution in [2.45, 2.75) is 44.7 Å². The number of rotatable bonds is 4. The molecule has 3 heterocycles. The van der Waals surface area contributed by atoms with Gasteiger partial charge in [-0.3, -0.25) is 4.90 Å². The van der Waals surface area contributed by atoms with Gasteiger partial charge >= 0.3 is 0 Å². The molecule has 6 heteroatoms. The molecule has 1 N–H and O–H groups in total. The third-order valence-electron chi connectivity index (χ3n) is 5.11. The van der Waals surface area contributed by atoms with Gasteiger partial charge < -0.3 is 9.88 Å². The summed E-state index contributed by atoms with van der Waals surface area (Å²) in [6, 6.07) is 0.612. The molecule has 1 fully saturated rings. The third kappa shape index (κ3) is 3.08. The molecular weight excluding hydrogens is 288 g/mol. The van der Waals surface area contributed by atoms with Crippen molar-refractivity contribution >= 4 is 5.82 Å². The van der Waals surface area contributed by atoms with Gasteiger partial charge in [0.25, 0.3) is 0 Å². The number of nitrogens with one attached hydrogen (secondary N) is 1. The van der Waals surface area contributed by atoms with Crippen LogP contribution < -0.4 is 5.32 Å². The Kier molecular flexibility index (Phi) is 3.99. The average Bonchev–Trinajstić information content (AvgIpc) is 2.79. The van der Waals surface area contributed by atoms with Gasteiger partial charge in [-0.05, 0) is 25.7 Å². The predicted octanol–water partition coefficient (Wildman–Crippen LogP) is 1.78. The number of hydrogen-bond acceptors (Lipinski definition) is 5. The molecule has 2 aliphatic rings. The lowest BCUT2D eigenvalue weighted by atomic mass is 9.93. The van der Waals surface area contributed by atoms with E-state index in [0.29, 0.717) is 6.04 Å². The maximum absolute atomic E-state index is 4.54. The Hall–Kier alpha value is -1.95. The van der Waals surface area contributed by atoms with Crippen LogP contribution in [-0.2, 0) is 26.4 Å². The normalized spacial score (nSPS) is 19.0. The van der Waals surface area contributed by atoms with Gasteiger partial charge in [-0.1, -0.05) is 0 Å². The standard InChI is InChI=1S/C17H24N6/c1-22-10-7-18-16(22)11-23-8-5-14-15(6-9-23)19-12-20-17(14)21-13-3-2-4-13/h7,10,12-13H,2-6,8-9,11H2,1H3,(H,19,20,21). The van der Waals surface area contributed by atoms with Crippen LogP contribution in [-0.4, -0.2) is 43.6 Å². The Bertz CT molecular complexity index is 675. The van der Waals surface area contributed by atoms with Crippen molar-refractivity contribution in [2.75, 3.05) is 18.4 Å². The largest absolute Gasteiger partial charge is 0.367 e. The Labute approximate surface area is 137 Å². The fourth-order valence-corrected chi connectivity index (χ4v) is 3.35. The van der Waals surface area contributed by atoms with Crippen molar-refractivity contribution in [2.24, 2.45) is 7.05 Å². The summed E-state index contributed by atoms with van der Waals surface area (Å²) in [7, 11) is 2.06. The van der Waals surface area contributed by atoms with E-state index >= 15 is 0 Å². The van der Waals surface area contributed by atoms with Crippen LogP contribution in [0.2, 0.25) is 0 Å². The predicted molar refractivity (Wildman–Crippen MR) is 89.2 cm³/mol. The van der Waals surface area contributed by atoms with E-state index in [0.717, 1.165) is 44.1 Å². The second-order valence-corrected chi connectivity index (χ2v) is 6.65. The molecule has 0 aromatic carbocycles. The van der Waals surface area contributed by atoms with Crippen LogP contribution in [0.1, 0.15) is 36.3 Å². The fraction of sp³-hybridized carbons (Fsp3) is 0.588. The summed E-state index contributed by atoms with van der Waals surface area (Å²) in [6.45, 7) is 2.96. The highest BCUT2D eigenvalue weighted by Gasteiger charge is 2.23. The molecule has 2 aromatic rings. The van der Waals surface area contributed by atoms with E-state index in [4.69, 9.17) is 0 Å². The molecular formula is C17H24N6. The number of nitrogens with zero attached hydrogens (tertiary/aromatic N) is 5. The van der Waals surface area contributed by atoms with Crippen molar-refractivity contribution in [3.05, 3.63) is 35.8 Å². The highest BCUT2D eigenvalue weighted by atomic mass is 15.2. The smallest absolute Gasteiger partial charge is 0.133 e. The molecule has 6 nitrogen and oxygen atoms in total. The van der Waals surface area contributed by atoms with Gasteiger partial charge in [0.2, 0.25) is 0 Å². The van der Waals surface area contributed by atoms with Crippen molar-refractivity contribution in [1.82, 2.24) is 24.4 Å². The summed E-state index contributed by atoms with van der Waals surface area (Å²) in [4.78, 5) is 16.0. The topological polar surface area (TPSA) is 58.9 Å². The summed E-state index contributed by atoms with van der Waals surface area (Å²) < 4.78 is 2.10. The number of aryl methyl sites for hydroxylation is 1. The second-order valence-electron chi connectivity index (χ2n) is 6.65. The average molecular weight is 312 g/mol. The molecule has 1 aliphatic carbocycles. The van der Waals surface area contributed by atoms with Gasteiger partial charge in [0.15, 0.2) is 0 Å². The molecule has 23 heavy (non-hydrogen) atoms. The van der Waals surface area contributed by atoms with E-state index < -0.39 is 0 Å². The van der Waals surface area contributed by atoms with E-state index in [9.17, 15) is 0 Å². The van der Waals surface area contributed by atoms with Gasteiger partial charge in [0, 0.05) is 50.6 Å². The summed E-state index contributed by atoms with van der Waals surface area (Å²) in [6.07, 6.45) is 11.5. The van der Waals surface area contributed by atoms with E-state index in [1.54, 1.807) is 6.33 Å². The van der Waals surface area contributed by atoms with Crippen molar-refractivity contribution in [3.63, 3.8) is 0 Å². The number of aromatic nitrogens is 4. The van der Waals surface area contributed by atoms with Gasteiger partial charge in [0.1, 0.15) is 18.0 Å². The Morgan fingerprint density at radius 2 is 2.04 bits per heavy atom. The van der Waals surface area contributed by atoms with E-state index in [1.807, 2.05) is 12.4 Å². The highest BCUT2D eigenvalue weighted by molar-refractivity contribution is 5.47. The SMILES string of the molecule is Cn1ccnc1CN1CCc2ncnc(NC3CCC3)c2CC1. The highest BCUT2D eigenvalue weighted by Crippen LogP contribution is 2.26. The Morgan fingerprint density at radius 3 is 2.78 bits per heavy atom. The van der Waals surface area contributed by atoms with Crippen LogP contribution in [0.3, 0.4) is 0 Å². The fourth-order valence-electron chi connectivity index (χ4n) is 3.35. The molecule has 1 saturated carbocycles. The molecule has 4 rings (SSSR count). The Morgan fingerprint density at radius 1 is 1.17 bits per heavy atom. The minimum absolute atomic E-state index is 0.612. The second kappa shape index (κ2) is 6.28. The van der Waals surface area contributed by atoms with Crippen molar-refractivity contribution < 1.29 is 0 Å². The summed E-state index contributed by atoms with van der Waals surface area (Å²) >= 11 is 0. The molecule has 0 atom stereocenters. The van der Waals surface area contributed by atoms with Crippen LogP contribution in [0.25, 0.3) is 0 Å². The first-order valence-electron chi connectivity index (χ1n) is 8.57. The quantitative estimate of drug-likeness (QED) is 0.932. The lowest BCUT2D eigenvalue weighted by Crippen LogP contribution is -2.29. The molecule has 0 saturated heterocycles. The van der Waals surface area contributed by atoms with E-state index in [-0.39, 0.29) is 0 Å². The van der Waals surface area contributed by atoms with Crippen molar-refractivity contribution in [1.29, 1.82) is 0 Å². The number of fused-ring (bicyclic) bond motifs is 1. The zero-order valence-electron chi connectivity index (χ0n) is 13.7. The van der Waals surface area contributed by atoms with Crippen LogP contribution >= 0.6 is 0 Å². The minimum Gasteiger partial charge on any atom is -0.367 e. The lowest BCUT2D eigenvalue weighted by Gasteiger charge is -2.28.